The fourth-order valence-corrected chi connectivity index (χ4v) is 2.97. The smallest absolute Gasteiger partial charge is 0.417 e. The number of halogens is 4. The van der Waals surface area contributed by atoms with Crippen molar-refractivity contribution >= 4 is 28.4 Å². The summed E-state index contributed by atoms with van der Waals surface area (Å²) in [5, 5.41) is 3.29. The van der Waals surface area contributed by atoms with Crippen molar-refractivity contribution in [2.24, 2.45) is 0 Å². The molecule has 9 heteroatoms. The van der Waals surface area contributed by atoms with E-state index in [-0.39, 0.29) is 5.88 Å². The highest BCUT2D eigenvalue weighted by atomic mass is 127. The third-order valence-electron chi connectivity index (χ3n) is 3.96. The number of hydrogen-bond acceptors (Lipinski definition) is 5. The van der Waals surface area contributed by atoms with Gasteiger partial charge in [-0.1, -0.05) is 34.7 Å². The molecule has 0 aliphatic heterocycles. The zero-order valence-corrected chi connectivity index (χ0v) is 17.7. The highest BCUT2D eigenvalue weighted by molar-refractivity contribution is 14.1. The van der Waals surface area contributed by atoms with Crippen molar-refractivity contribution in [1.29, 1.82) is 0 Å². The monoisotopic (exact) mass is 514 g/mol. The fraction of sp³-hybridized carbons (Fsp3) is 0.250. The van der Waals surface area contributed by atoms with E-state index in [2.05, 4.69) is 42.9 Å². The van der Waals surface area contributed by atoms with Crippen LogP contribution in [0.25, 0.3) is 0 Å². The van der Waals surface area contributed by atoms with Crippen molar-refractivity contribution in [1.82, 2.24) is 15.0 Å². The lowest BCUT2D eigenvalue weighted by Gasteiger charge is -2.09. The molecule has 29 heavy (non-hydrogen) atoms. The summed E-state index contributed by atoms with van der Waals surface area (Å²) < 4.78 is 44.0. The average Bonchev–Trinajstić information content (AvgIpc) is 2.68. The molecule has 2 heterocycles. The molecule has 0 bridgehead atoms. The molecule has 3 rings (SSSR count). The van der Waals surface area contributed by atoms with Crippen LogP contribution in [0, 0.1) is 6.92 Å². The minimum Gasteiger partial charge on any atom is -0.439 e. The van der Waals surface area contributed by atoms with Crippen LogP contribution in [-0.2, 0) is 17.0 Å². The van der Waals surface area contributed by atoms with Gasteiger partial charge in [-0.2, -0.15) is 13.2 Å². The van der Waals surface area contributed by atoms with E-state index in [9.17, 15) is 13.2 Å². The van der Waals surface area contributed by atoms with E-state index in [1.807, 2.05) is 25.1 Å². The molecule has 0 aliphatic carbocycles. The van der Waals surface area contributed by atoms with E-state index in [0.29, 0.717) is 12.3 Å². The lowest BCUT2D eigenvalue weighted by Crippen LogP contribution is -2.08. The summed E-state index contributed by atoms with van der Waals surface area (Å²) in [5.74, 6) is 2.15. The quantitative estimate of drug-likeness (QED) is 0.330. The van der Waals surface area contributed by atoms with E-state index in [1.165, 1.54) is 6.07 Å². The first-order chi connectivity index (χ1) is 13.8. The molecule has 0 radical (unpaired) electrons. The van der Waals surface area contributed by atoms with Gasteiger partial charge < -0.3 is 10.1 Å². The number of pyridine rings is 1. The summed E-state index contributed by atoms with van der Waals surface area (Å²) in [7, 11) is 0. The predicted molar refractivity (Wildman–Crippen MR) is 112 cm³/mol. The first-order valence-electron chi connectivity index (χ1n) is 8.78. The number of aromatic nitrogens is 3. The Morgan fingerprint density at radius 2 is 1.83 bits per heavy atom. The van der Waals surface area contributed by atoms with E-state index >= 15 is 0 Å². The first kappa shape index (κ1) is 21.3. The van der Waals surface area contributed by atoms with Gasteiger partial charge in [0.05, 0.1) is 11.3 Å². The molecule has 0 spiro atoms. The minimum atomic E-state index is -4.41. The van der Waals surface area contributed by atoms with Crippen LogP contribution in [0.5, 0.6) is 11.6 Å². The van der Waals surface area contributed by atoms with Gasteiger partial charge in [-0.15, -0.1) is 0 Å². The second-order valence-electron chi connectivity index (χ2n) is 6.23. The van der Waals surface area contributed by atoms with Crippen molar-refractivity contribution in [3.8, 4) is 11.6 Å². The van der Waals surface area contributed by atoms with Crippen LogP contribution >= 0.6 is 22.6 Å². The maximum atomic E-state index is 12.6. The number of anilines is 1. The van der Waals surface area contributed by atoms with E-state index in [4.69, 9.17) is 4.74 Å². The Hall–Kier alpha value is -2.43. The Morgan fingerprint density at radius 3 is 2.45 bits per heavy atom. The van der Waals surface area contributed by atoms with Gasteiger partial charge in [0, 0.05) is 29.3 Å². The van der Waals surface area contributed by atoms with Gasteiger partial charge in [0.15, 0.2) is 0 Å². The van der Waals surface area contributed by atoms with Crippen LogP contribution < -0.4 is 10.1 Å². The zero-order chi connectivity index (χ0) is 20.9. The van der Waals surface area contributed by atoms with Crippen LogP contribution in [0.1, 0.15) is 22.6 Å². The molecule has 1 aromatic carbocycles. The van der Waals surface area contributed by atoms with Crippen LogP contribution in [0.3, 0.4) is 0 Å². The molecule has 2 aromatic heterocycles. The normalized spacial score (nSPS) is 11.3. The van der Waals surface area contributed by atoms with Gasteiger partial charge >= 0.3 is 6.18 Å². The molecule has 0 unspecified atom stereocenters. The van der Waals surface area contributed by atoms with Crippen molar-refractivity contribution < 1.29 is 17.9 Å². The predicted octanol–water partition coefficient (Wildman–Crippen LogP) is 5.58. The maximum Gasteiger partial charge on any atom is 0.417 e. The van der Waals surface area contributed by atoms with Crippen molar-refractivity contribution in [3.05, 3.63) is 71.3 Å². The number of aryl methyl sites for hydroxylation is 1. The molecule has 0 atom stereocenters. The highest BCUT2D eigenvalue weighted by Gasteiger charge is 2.30. The number of benzene rings is 1. The molecule has 5 nitrogen and oxygen atoms in total. The number of nitrogens with zero attached hydrogens (tertiary/aromatic N) is 3. The van der Waals surface area contributed by atoms with Gasteiger partial charge in [-0.3, -0.25) is 0 Å². The number of rotatable bonds is 7. The van der Waals surface area contributed by atoms with Crippen molar-refractivity contribution in [2.45, 2.75) is 23.9 Å². The molecule has 0 saturated carbocycles. The van der Waals surface area contributed by atoms with Gasteiger partial charge in [0.25, 0.3) is 0 Å². The number of alkyl halides is 4. The fourth-order valence-electron chi connectivity index (χ4n) is 2.58. The van der Waals surface area contributed by atoms with Crippen molar-refractivity contribution in [2.75, 3.05) is 11.9 Å². The summed E-state index contributed by atoms with van der Waals surface area (Å²) in [5.41, 5.74) is 1.27. The molecule has 0 aliphatic rings. The molecule has 0 amide bonds. The van der Waals surface area contributed by atoms with Gasteiger partial charge in [0.1, 0.15) is 17.4 Å². The summed E-state index contributed by atoms with van der Waals surface area (Å²) >= 11 is 2.27. The third kappa shape index (κ3) is 6.28. The second kappa shape index (κ2) is 9.38. The third-order valence-corrected chi connectivity index (χ3v) is 4.74. The summed E-state index contributed by atoms with van der Waals surface area (Å²) in [6.07, 6.45) is -2.88. The van der Waals surface area contributed by atoms with Crippen LogP contribution in [0.4, 0.5) is 19.0 Å². The van der Waals surface area contributed by atoms with Crippen LogP contribution in [-0.4, -0.2) is 21.5 Å². The summed E-state index contributed by atoms with van der Waals surface area (Å²) in [6.45, 7) is 2.57. The van der Waals surface area contributed by atoms with Crippen LogP contribution in [0.2, 0.25) is 0 Å². The second-order valence-corrected chi connectivity index (χ2v) is 6.99. The molecule has 0 saturated heterocycles. The van der Waals surface area contributed by atoms with E-state index < -0.39 is 11.7 Å². The van der Waals surface area contributed by atoms with E-state index in [1.54, 1.807) is 12.1 Å². The Morgan fingerprint density at radius 1 is 1.07 bits per heavy atom. The average molecular weight is 514 g/mol. The molecule has 152 valence electrons. The molecular formula is C20H18F3IN4O. The largest absolute Gasteiger partial charge is 0.439 e. The Kier molecular flexibility index (Phi) is 6.88. The Labute approximate surface area is 179 Å². The van der Waals surface area contributed by atoms with E-state index in [0.717, 1.165) is 46.0 Å². The SMILES string of the molecule is Cc1nc(CI)cc(NCCc2ccc(Oc3ccc(C(F)(F)F)cn3)cc2)n1. The zero-order valence-electron chi connectivity index (χ0n) is 15.5. The lowest BCUT2D eigenvalue weighted by atomic mass is 10.1. The Balaban J connectivity index is 1.53. The van der Waals surface area contributed by atoms with Crippen molar-refractivity contribution in [3.63, 3.8) is 0 Å². The highest BCUT2D eigenvalue weighted by Crippen LogP contribution is 2.30. The summed E-state index contributed by atoms with van der Waals surface area (Å²) in [4.78, 5) is 12.4. The lowest BCUT2D eigenvalue weighted by molar-refractivity contribution is -0.137. The van der Waals surface area contributed by atoms with Gasteiger partial charge in [-0.25, -0.2) is 15.0 Å². The first-order valence-corrected chi connectivity index (χ1v) is 10.3. The topological polar surface area (TPSA) is 59.9 Å². The number of nitrogens with one attached hydrogen (secondary N) is 1. The number of hydrogen-bond donors (Lipinski definition) is 1. The van der Waals surface area contributed by atoms with Crippen LogP contribution in [0.15, 0.2) is 48.7 Å². The maximum absolute atomic E-state index is 12.6. The number of ether oxygens (including phenoxy) is 1. The molecular weight excluding hydrogens is 496 g/mol. The molecule has 3 aromatic rings. The van der Waals surface area contributed by atoms with Gasteiger partial charge in [0.2, 0.25) is 5.88 Å². The molecule has 0 fully saturated rings. The minimum absolute atomic E-state index is 0.109. The molecule has 1 N–H and O–H groups in total. The standard InChI is InChI=1S/C20H18F3IN4O/c1-13-27-16(11-24)10-18(28-13)25-9-8-14-2-5-17(6-3-14)29-19-7-4-15(12-26-19)20(21,22)23/h2-7,10,12H,8-9,11H2,1H3,(H,25,27,28). The summed E-state index contributed by atoms with van der Waals surface area (Å²) in [6, 6.07) is 11.4. The Bertz CT molecular complexity index is 947. The van der Waals surface area contributed by atoms with Gasteiger partial charge in [-0.05, 0) is 37.1 Å².